The van der Waals surface area contributed by atoms with Crippen LogP contribution in [0, 0.1) is 5.92 Å². The second-order valence-corrected chi connectivity index (χ2v) is 6.70. The topological polar surface area (TPSA) is 49.4 Å². The minimum Gasteiger partial charge on any atom is -0.340 e. The molecule has 20 heavy (non-hydrogen) atoms. The van der Waals surface area contributed by atoms with Crippen LogP contribution in [-0.2, 0) is 9.59 Å². The van der Waals surface area contributed by atoms with E-state index in [-0.39, 0.29) is 23.9 Å². The van der Waals surface area contributed by atoms with Crippen molar-refractivity contribution in [3.05, 3.63) is 0 Å². The summed E-state index contributed by atoms with van der Waals surface area (Å²) in [5.41, 5.74) is -0.664. The summed E-state index contributed by atoms with van der Waals surface area (Å²) in [6, 6.07) is -0.195. The number of nitrogens with one attached hydrogen (secondary N) is 1. The number of nitrogens with zero attached hydrogens (tertiary/aromatic N) is 1. The predicted molar refractivity (Wildman–Crippen MR) is 79.2 cm³/mol. The summed E-state index contributed by atoms with van der Waals surface area (Å²) in [6.45, 7) is 8.01. The highest BCUT2D eigenvalue weighted by molar-refractivity contribution is 6.00. The van der Waals surface area contributed by atoms with Gasteiger partial charge in [-0.1, -0.05) is 26.2 Å². The van der Waals surface area contributed by atoms with Crippen molar-refractivity contribution >= 4 is 11.8 Å². The van der Waals surface area contributed by atoms with Crippen molar-refractivity contribution in [1.82, 2.24) is 10.2 Å². The van der Waals surface area contributed by atoms with E-state index in [4.69, 9.17) is 0 Å². The Morgan fingerprint density at radius 2 is 2.00 bits per heavy atom. The second-order valence-electron chi connectivity index (χ2n) is 6.70. The molecule has 4 heteroatoms. The fraction of sp³-hybridized carbons (Fsp3) is 0.875. The number of carbonyl (C=O) groups is 2. The van der Waals surface area contributed by atoms with Gasteiger partial charge in [0.25, 0.3) is 0 Å². The van der Waals surface area contributed by atoms with Gasteiger partial charge in [0.2, 0.25) is 11.8 Å². The Morgan fingerprint density at radius 3 is 2.55 bits per heavy atom. The summed E-state index contributed by atoms with van der Waals surface area (Å²) < 4.78 is 0. The first-order valence-corrected chi connectivity index (χ1v) is 8.06. The van der Waals surface area contributed by atoms with E-state index in [2.05, 4.69) is 19.2 Å². The van der Waals surface area contributed by atoms with Gasteiger partial charge in [-0.2, -0.15) is 0 Å². The fourth-order valence-electron chi connectivity index (χ4n) is 3.33. The third-order valence-electron chi connectivity index (χ3n) is 4.95. The van der Waals surface area contributed by atoms with Crippen LogP contribution in [0.1, 0.15) is 66.2 Å². The molecule has 0 aromatic rings. The summed E-state index contributed by atoms with van der Waals surface area (Å²) in [5.74, 6) is 0.453. The van der Waals surface area contributed by atoms with E-state index in [1.54, 1.807) is 0 Å². The van der Waals surface area contributed by atoms with Gasteiger partial charge in [-0.25, -0.2) is 0 Å². The lowest BCUT2D eigenvalue weighted by Gasteiger charge is -2.46. The Bertz CT molecular complexity index is 392. The highest BCUT2D eigenvalue weighted by atomic mass is 16.2. The second kappa shape index (κ2) is 5.74. The average molecular weight is 280 g/mol. The first kappa shape index (κ1) is 15.3. The van der Waals surface area contributed by atoms with Gasteiger partial charge in [0.05, 0.1) is 0 Å². The van der Waals surface area contributed by atoms with Crippen molar-refractivity contribution in [3.8, 4) is 0 Å². The number of piperazine rings is 1. The minimum atomic E-state index is -0.664. The zero-order valence-corrected chi connectivity index (χ0v) is 13.2. The quantitative estimate of drug-likeness (QED) is 0.760. The molecular weight excluding hydrogens is 252 g/mol. The number of amides is 2. The zero-order valence-electron chi connectivity index (χ0n) is 13.2. The monoisotopic (exact) mass is 280 g/mol. The summed E-state index contributed by atoms with van der Waals surface area (Å²) in [6.07, 6.45) is 6.57. The van der Waals surface area contributed by atoms with Crippen LogP contribution >= 0.6 is 0 Å². The van der Waals surface area contributed by atoms with Gasteiger partial charge in [-0.15, -0.1) is 0 Å². The van der Waals surface area contributed by atoms with E-state index in [0.717, 1.165) is 25.7 Å². The van der Waals surface area contributed by atoms with Crippen LogP contribution in [0.5, 0.6) is 0 Å². The van der Waals surface area contributed by atoms with Crippen LogP contribution in [0.3, 0.4) is 0 Å². The van der Waals surface area contributed by atoms with Crippen molar-refractivity contribution < 1.29 is 9.59 Å². The molecule has 1 N–H and O–H groups in total. The maximum Gasteiger partial charge on any atom is 0.249 e. The molecule has 1 saturated heterocycles. The van der Waals surface area contributed by atoms with Crippen molar-refractivity contribution in [3.63, 3.8) is 0 Å². The summed E-state index contributed by atoms with van der Waals surface area (Å²) in [7, 11) is 0. The molecule has 1 aliphatic carbocycles. The molecule has 2 amide bonds. The number of hydrogen-bond donors (Lipinski definition) is 1. The maximum atomic E-state index is 12.9. The van der Waals surface area contributed by atoms with Crippen LogP contribution in [0.15, 0.2) is 0 Å². The molecule has 114 valence electrons. The van der Waals surface area contributed by atoms with Crippen LogP contribution in [-0.4, -0.2) is 34.3 Å². The highest BCUT2D eigenvalue weighted by Gasteiger charge is 2.55. The Balaban J connectivity index is 2.11. The van der Waals surface area contributed by atoms with Crippen molar-refractivity contribution in [2.45, 2.75) is 83.8 Å². The van der Waals surface area contributed by atoms with Gasteiger partial charge in [0.15, 0.2) is 0 Å². The normalized spacial score (nSPS) is 32.2. The minimum absolute atomic E-state index is 0.00124. The molecule has 1 heterocycles. The number of carbonyl (C=O) groups excluding carboxylic acids is 2. The van der Waals surface area contributed by atoms with E-state index >= 15 is 0 Å². The first-order chi connectivity index (χ1) is 9.41. The molecule has 1 saturated carbocycles. The van der Waals surface area contributed by atoms with Gasteiger partial charge in [0, 0.05) is 6.04 Å². The van der Waals surface area contributed by atoms with E-state index in [0.29, 0.717) is 5.92 Å². The lowest BCUT2D eigenvalue weighted by molar-refractivity contribution is -0.157. The van der Waals surface area contributed by atoms with Crippen molar-refractivity contribution in [2.75, 3.05) is 0 Å². The number of rotatable bonds is 6. The Hall–Kier alpha value is -1.06. The molecule has 0 bridgehead atoms. The largest absolute Gasteiger partial charge is 0.340 e. The third-order valence-corrected chi connectivity index (χ3v) is 4.95. The highest BCUT2D eigenvalue weighted by Crippen LogP contribution is 2.42. The molecule has 3 unspecified atom stereocenters. The van der Waals surface area contributed by atoms with Crippen LogP contribution < -0.4 is 5.32 Å². The van der Waals surface area contributed by atoms with E-state index < -0.39 is 5.54 Å². The Labute approximate surface area is 122 Å². The van der Waals surface area contributed by atoms with Gasteiger partial charge in [-0.3, -0.25) is 9.59 Å². The molecule has 2 aliphatic rings. The molecule has 2 fully saturated rings. The Morgan fingerprint density at radius 1 is 1.35 bits per heavy atom. The van der Waals surface area contributed by atoms with Gasteiger partial charge < -0.3 is 10.2 Å². The van der Waals surface area contributed by atoms with Gasteiger partial charge in [0.1, 0.15) is 11.6 Å². The molecule has 0 spiro atoms. The van der Waals surface area contributed by atoms with E-state index in [1.165, 1.54) is 12.8 Å². The molecular formula is C16H28N2O2. The molecule has 2 rings (SSSR count). The fourth-order valence-corrected chi connectivity index (χ4v) is 3.33. The smallest absolute Gasteiger partial charge is 0.249 e. The molecule has 4 nitrogen and oxygen atoms in total. The molecule has 1 aliphatic heterocycles. The molecule has 3 atom stereocenters. The lowest BCUT2D eigenvalue weighted by atomic mass is 9.88. The maximum absolute atomic E-state index is 12.9. The van der Waals surface area contributed by atoms with E-state index in [1.807, 2.05) is 18.7 Å². The average Bonchev–Trinajstić information content (AvgIpc) is 3.22. The van der Waals surface area contributed by atoms with Crippen molar-refractivity contribution in [1.29, 1.82) is 0 Å². The van der Waals surface area contributed by atoms with Gasteiger partial charge in [-0.05, 0) is 46.0 Å². The van der Waals surface area contributed by atoms with Crippen LogP contribution in [0.25, 0.3) is 0 Å². The summed E-state index contributed by atoms with van der Waals surface area (Å²) >= 11 is 0. The lowest BCUT2D eigenvalue weighted by Crippen LogP contribution is -2.71. The zero-order chi connectivity index (χ0) is 14.9. The molecule has 0 radical (unpaired) electrons. The van der Waals surface area contributed by atoms with Crippen molar-refractivity contribution in [2.24, 2.45) is 5.92 Å². The first-order valence-electron chi connectivity index (χ1n) is 8.06. The summed E-state index contributed by atoms with van der Waals surface area (Å²) in [5, 5.41) is 2.98. The van der Waals surface area contributed by atoms with Gasteiger partial charge >= 0.3 is 0 Å². The van der Waals surface area contributed by atoms with Crippen LogP contribution in [0.4, 0.5) is 0 Å². The standard InChI is InChI=1S/C16H28N2O2/c1-5-6-7-8-11(2)18-12(3)14(19)17-16(4,15(18)20)13-9-10-13/h11-13H,5-10H2,1-4H3,(H,17,19). The molecule has 0 aromatic carbocycles. The molecule has 0 aromatic heterocycles. The number of hydrogen-bond acceptors (Lipinski definition) is 2. The van der Waals surface area contributed by atoms with Crippen LogP contribution in [0.2, 0.25) is 0 Å². The SMILES string of the molecule is CCCCCC(C)N1C(=O)C(C)(C2CC2)NC(=O)C1C. The number of unbranched alkanes of at least 4 members (excludes halogenated alkanes) is 2. The third kappa shape index (κ3) is 2.70. The Kier molecular flexibility index (Phi) is 4.40. The van der Waals surface area contributed by atoms with E-state index in [9.17, 15) is 9.59 Å². The summed E-state index contributed by atoms with van der Waals surface area (Å²) in [4.78, 5) is 26.9. The predicted octanol–water partition coefficient (Wildman–Crippen LogP) is 2.47.